The number of allylic oxidation sites excluding steroid dienone is 10. The van der Waals surface area contributed by atoms with Crippen LogP contribution in [0.3, 0.4) is 0 Å². The van der Waals surface area contributed by atoms with Crippen molar-refractivity contribution in [3.8, 4) is 0 Å². The van der Waals surface area contributed by atoms with Gasteiger partial charge >= 0.3 is 0 Å². The predicted octanol–water partition coefficient (Wildman–Crippen LogP) is 9.99. The van der Waals surface area contributed by atoms with Crippen LogP contribution >= 0.6 is 0 Å². The molecule has 0 heterocycles. The van der Waals surface area contributed by atoms with Gasteiger partial charge in [-0.15, -0.1) is 0 Å². The van der Waals surface area contributed by atoms with E-state index in [9.17, 15) is 9.59 Å². The van der Waals surface area contributed by atoms with Crippen molar-refractivity contribution >= 4 is 11.6 Å². The maximum absolute atomic E-state index is 13.4. The summed E-state index contributed by atoms with van der Waals surface area (Å²) in [6.45, 7) is 27.3. The van der Waals surface area contributed by atoms with Gasteiger partial charge in [0.1, 0.15) is 0 Å². The van der Waals surface area contributed by atoms with Crippen LogP contribution in [0.25, 0.3) is 0 Å². The lowest BCUT2D eigenvalue weighted by atomic mass is 9.49. The first-order valence-corrected chi connectivity index (χ1v) is 16.2. The molecule has 4 bridgehead atoms. The van der Waals surface area contributed by atoms with Gasteiger partial charge in [-0.1, -0.05) is 83.1 Å². The molecular formula is C39H55O2+. The van der Waals surface area contributed by atoms with E-state index in [1.165, 1.54) is 65.9 Å². The van der Waals surface area contributed by atoms with E-state index in [0.717, 1.165) is 11.8 Å². The third kappa shape index (κ3) is 5.54. The van der Waals surface area contributed by atoms with E-state index in [4.69, 9.17) is 0 Å². The van der Waals surface area contributed by atoms with Crippen molar-refractivity contribution in [3.05, 3.63) is 63.7 Å². The highest BCUT2D eigenvalue weighted by atomic mass is 16.1. The summed E-state index contributed by atoms with van der Waals surface area (Å²) in [4.78, 5) is 26.8. The highest BCUT2D eigenvalue weighted by Gasteiger charge is 2.55. The second kappa shape index (κ2) is 9.72. The molecule has 0 aromatic rings. The maximum Gasteiger partial charge on any atom is 0.259 e. The van der Waals surface area contributed by atoms with Crippen molar-refractivity contribution in [3.63, 3.8) is 0 Å². The molecule has 2 nitrogen and oxygen atoms in total. The summed E-state index contributed by atoms with van der Waals surface area (Å²) in [6.07, 6.45) is 14.4. The van der Waals surface area contributed by atoms with Gasteiger partial charge < -0.3 is 0 Å². The molecule has 0 amide bonds. The third-order valence-electron chi connectivity index (χ3n) is 10.6. The second-order valence-electron chi connectivity index (χ2n) is 18.1. The number of ketones is 2. The van der Waals surface area contributed by atoms with Crippen LogP contribution in [0.5, 0.6) is 0 Å². The Labute approximate surface area is 250 Å². The largest absolute Gasteiger partial charge is 0.290 e. The molecule has 6 rings (SSSR count). The Balaban J connectivity index is 1.90. The summed E-state index contributed by atoms with van der Waals surface area (Å²) in [5.41, 5.74) is 7.20. The molecule has 0 aromatic heterocycles. The van der Waals surface area contributed by atoms with Crippen LogP contribution in [0.15, 0.2) is 57.7 Å². The van der Waals surface area contributed by atoms with Gasteiger partial charge in [0.15, 0.2) is 5.78 Å². The molecule has 0 spiro atoms. The van der Waals surface area contributed by atoms with Crippen LogP contribution in [0.2, 0.25) is 0 Å². The Bertz CT molecular complexity index is 1120. The molecule has 0 aliphatic heterocycles. The highest BCUT2D eigenvalue weighted by molar-refractivity contribution is 6.05. The lowest BCUT2D eigenvalue weighted by Gasteiger charge is -2.52. The van der Waals surface area contributed by atoms with Gasteiger partial charge in [-0.25, -0.2) is 0 Å². The average Bonchev–Trinajstić information content (AvgIpc) is 2.78. The van der Waals surface area contributed by atoms with Gasteiger partial charge in [-0.2, -0.15) is 0 Å². The first kappa shape index (κ1) is 30.4. The summed E-state index contributed by atoms with van der Waals surface area (Å²) >= 11 is 0. The van der Waals surface area contributed by atoms with Crippen LogP contribution < -0.4 is 0 Å². The molecule has 4 fully saturated rings. The van der Waals surface area contributed by atoms with Crippen molar-refractivity contribution in [2.24, 2.45) is 51.2 Å². The molecule has 2 heteroatoms. The van der Waals surface area contributed by atoms with Crippen molar-refractivity contribution in [1.29, 1.82) is 0 Å². The molecule has 4 saturated carbocycles. The van der Waals surface area contributed by atoms with Crippen LogP contribution in [0, 0.1) is 57.2 Å². The van der Waals surface area contributed by atoms with Gasteiger partial charge in [0.2, 0.25) is 0 Å². The Kier molecular flexibility index (Phi) is 7.20. The standard InChI is InChI=1S/C39H55O2/c1-36(2,3)28-18-26(40)19-29(37(4,5)6)33(28)35(32-24-14-22-13-23(16-24)17-25(32)15-22)34-30(38(7,8)9)20-27(41)21-31(34)39(10,11)12/h18-25,33H,13-17H2,1-12H3/q+1. The zero-order chi connectivity index (χ0) is 30.4. The number of carbonyl (C=O) groups is 2. The van der Waals surface area contributed by atoms with Gasteiger partial charge in [0.25, 0.3) is 5.78 Å². The average molecular weight is 556 g/mol. The van der Waals surface area contributed by atoms with Gasteiger partial charge in [-0.3, -0.25) is 9.59 Å². The first-order valence-electron chi connectivity index (χ1n) is 16.2. The Morgan fingerprint density at radius 2 is 0.927 bits per heavy atom. The zero-order valence-electron chi connectivity index (χ0n) is 28.0. The van der Waals surface area contributed by atoms with Crippen LogP contribution in [-0.2, 0) is 9.59 Å². The molecule has 0 radical (unpaired) electrons. The fraction of sp³-hybridized carbons (Fsp3) is 0.667. The van der Waals surface area contributed by atoms with Gasteiger partial charge in [0.05, 0.1) is 34.8 Å². The monoisotopic (exact) mass is 555 g/mol. The molecular weight excluding hydrogens is 500 g/mol. The van der Waals surface area contributed by atoms with Gasteiger partial charge in [0, 0.05) is 34.2 Å². The smallest absolute Gasteiger partial charge is 0.259 e. The zero-order valence-corrected chi connectivity index (χ0v) is 28.0. The number of carbonyl (C=O) groups excluding carboxylic acids is 2. The molecule has 0 N–H and O–H groups in total. The number of hydrogen-bond donors (Lipinski definition) is 0. The van der Waals surface area contributed by atoms with E-state index in [1.807, 2.05) is 24.3 Å². The predicted molar refractivity (Wildman–Crippen MR) is 171 cm³/mol. The summed E-state index contributed by atoms with van der Waals surface area (Å²) in [7, 11) is 0. The van der Waals surface area contributed by atoms with E-state index in [2.05, 4.69) is 83.1 Å². The minimum absolute atomic E-state index is 0.0277. The van der Waals surface area contributed by atoms with Crippen LogP contribution in [-0.4, -0.2) is 11.6 Å². The second-order valence-corrected chi connectivity index (χ2v) is 18.1. The van der Waals surface area contributed by atoms with E-state index < -0.39 is 0 Å². The molecule has 0 saturated heterocycles. The first-order chi connectivity index (χ1) is 18.7. The number of rotatable bonds is 2. The maximum atomic E-state index is 13.4. The van der Waals surface area contributed by atoms with E-state index in [1.54, 1.807) is 5.57 Å². The number of hydrogen-bond acceptors (Lipinski definition) is 2. The van der Waals surface area contributed by atoms with Crippen molar-refractivity contribution in [2.45, 2.75) is 115 Å². The topological polar surface area (TPSA) is 34.1 Å². The van der Waals surface area contributed by atoms with Crippen molar-refractivity contribution in [1.82, 2.24) is 0 Å². The van der Waals surface area contributed by atoms with E-state index in [-0.39, 0.29) is 39.1 Å². The summed E-state index contributed by atoms with van der Waals surface area (Å²) < 4.78 is 0. The van der Waals surface area contributed by atoms with Crippen molar-refractivity contribution in [2.75, 3.05) is 0 Å². The quantitative estimate of drug-likeness (QED) is 0.318. The van der Waals surface area contributed by atoms with Crippen LogP contribution in [0.4, 0.5) is 0 Å². The lowest BCUT2D eigenvalue weighted by molar-refractivity contribution is -0.111. The lowest BCUT2D eigenvalue weighted by Crippen LogP contribution is -2.44. The normalized spacial score (nSPS) is 29.5. The fourth-order valence-electron chi connectivity index (χ4n) is 8.97. The fourth-order valence-corrected chi connectivity index (χ4v) is 8.97. The summed E-state index contributed by atoms with van der Waals surface area (Å²) in [5.74, 6) is 4.50. The molecule has 222 valence electrons. The summed E-state index contributed by atoms with van der Waals surface area (Å²) in [6, 6.07) is 0. The summed E-state index contributed by atoms with van der Waals surface area (Å²) in [5, 5.41) is 0. The molecule has 6 aliphatic rings. The minimum Gasteiger partial charge on any atom is -0.290 e. The molecule has 0 aromatic carbocycles. The Morgan fingerprint density at radius 1 is 0.561 bits per heavy atom. The minimum atomic E-state index is -0.199. The Morgan fingerprint density at radius 3 is 1.27 bits per heavy atom. The Hall–Kier alpha value is -2.09. The van der Waals surface area contributed by atoms with E-state index >= 15 is 0 Å². The van der Waals surface area contributed by atoms with E-state index in [0.29, 0.717) is 11.8 Å². The SMILES string of the molecule is CC(C)(C)C1=CC(=O)C=C(C(C)(C)C)[C+]1C(=C1C2CC3CC(C2)CC1C3)C1C(C(C)(C)C)=CC(=O)C=C1C(C)(C)C. The third-order valence-corrected chi connectivity index (χ3v) is 10.6. The highest BCUT2D eigenvalue weighted by Crippen LogP contribution is 2.63. The molecule has 41 heavy (non-hydrogen) atoms. The molecule has 0 atom stereocenters. The molecule has 6 aliphatic carbocycles. The molecule has 0 unspecified atom stereocenters. The van der Waals surface area contributed by atoms with Gasteiger partial charge in [-0.05, 0) is 78.1 Å². The van der Waals surface area contributed by atoms with Crippen molar-refractivity contribution < 1.29 is 9.59 Å². The van der Waals surface area contributed by atoms with Crippen LogP contribution in [0.1, 0.15) is 115 Å².